The van der Waals surface area contributed by atoms with Crippen molar-refractivity contribution in [3.05, 3.63) is 59.5 Å². The highest BCUT2D eigenvalue weighted by Crippen LogP contribution is 2.23. The van der Waals surface area contributed by atoms with Gasteiger partial charge < -0.3 is 4.42 Å². The fourth-order valence-corrected chi connectivity index (χ4v) is 3.58. The number of aromatic nitrogens is 4. The lowest BCUT2D eigenvalue weighted by Gasteiger charge is -2.13. The van der Waals surface area contributed by atoms with Gasteiger partial charge in [-0.2, -0.15) is 0 Å². The summed E-state index contributed by atoms with van der Waals surface area (Å²) in [6, 6.07) is 10.6. The lowest BCUT2D eigenvalue weighted by atomic mass is 10.1. The zero-order valence-electron chi connectivity index (χ0n) is 13.7. The Kier molecular flexibility index (Phi) is 4.53. The van der Waals surface area contributed by atoms with E-state index in [0.29, 0.717) is 41.5 Å². The number of rotatable bonds is 7. The lowest BCUT2D eigenvalue weighted by molar-refractivity contribution is 0.0655. The van der Waals surface area contributed by atoms with Crippen LogP contribution in [-0.2, 0) is 6.54 Å². The van der Waals surface area contributed by atoms with Crippen molar-refractivity contribution in [3.63, 3.8) is 0 Å². The fraction of sp³-hybridized carbons (Fsp3) is 0.235. The molecule has 0 radical (unpaired) electrons. The smallest absolute Gasteiger partial charge is 0.261 e. The zero-order valence-corrected chi connectivity index (χ0v) is 14.6. The molecule has 0 unspecified atom stereocenters. The maximum Gasteiger partial charge on any atom is 0.261 e. The summed E-state index contributed by atoms with van der Waals surface area (Å²) in [5.74, 6) is 1.01. The second-order valence-electron chi connectivity index (χ2n) is 5.71. The maximum absolute atomic E-state index is 12.3. The van der Waals surface area contributed by atoms with Crippen LogP contribution < -0.4 is 0 Å². The Morgan fingerprint density at radius 2 is 1.81 bits per heavy atom. The molecule has 0 bridgehead atoms. The van der Waals surface area contributed by atoms with Crippen LogP contribution in [0.4, 0.5) is 0 Å². The van der Waals surface area contributed by atoms with Crippen LogP contribution in [0.5, 0.6) is 0 Å². The summed E-state index contributed by atoms with van der Waals surface area (Å²) in [5, 5.41) is 12.3. The van der Waals surface area contributed by atoms with Gasteiger partial charge in [-0.3, -0.25) is 14.5 Å². The second-order valence-corrected chi connectivity index (χ2v) is 6.77. The van der Waals surface area contributed by atoms with Crippen LogP contribution in [0.3, 0.4) is 0 Å². The van der Waals surface area contributed by atoms with Crippen molar-refractivity contribution in [2.75, 3.05) is 12.3 Å². The van der Waals surface area contributed by atoms with Crippen LogP contribution in [0.15, 0.2) is 52.2 Å². The monoisotopic (exact) mass is 369 g/mol. The first-order valence-corrected chi connectivity index (χ1v) is 9.09. The van der Waals surface area contributed by atoms with E-state index < -0.39 is 0 Å². The predicted molar refractivity (Wildman–Crippen MR) is 92.8 cm³/mol. The van der Waals surface area contributed by atoms with E-state index in [0.717, 1.165) is 5.76 Å². The Balaban J connectivity index is 1.31. The van der Waals surface area contributed by atoms with Gasteiger partial charge in [0.15, 0.2) is 0 Å². The van der Waals surface area contributed by atoms with Gasteiger partial charge in [-0.15, -0.1) is 5.10 Å². The third kappa shape index (κ3) is 3.13. The minimum Gasteiger partial charge on any atom is -0.467 e. The minimum atomic E-state index is -0.224. The highest BCUT2D eigenvalue weighted by molar-refractivity contribution is 7.99. The molecule has 0 spiro atoms. The molecule has 0 atom stereocenters. The van der Waals surface area contributed by atoms with Crippen molar-refractivity contribution < 1.29 is 14.0 Å². The predicted octanol–water partition coefficient (Wildman–Crippen LogP) is 2.09. The molecule has 132 valence electrons. The number of thioether (sulfide) groups is 1. The molecule has 2 aromatic heterocycles. The third-order valence-electron chi connectivity index (χ3n) is 4.02. The largest absolute Gasteiger partial charge is 0.467 e. The topological polar surface area (TPSA) is 94.1 Å². The van der Waals surface area contributed by atoms with Crippen molar-refractivity contribution in [2.24, 2.45) is 0 Å². The normalized spacial score (nSPS) is 13.5. The number of imide groups is 1. The van der Waals surface area contributed by atoms with E-state index in [9.17, 15) is 9.59 Å². The molecular weight excluding hydrogens is 354 g/mol. The van der Waals surface area contributed by atoms with Crippen LogP contribution >= 0.6 is 11.8 Å². The van der Waals surface area contributed by atoms with Crippen molar-refractivity contribution in [1.29, 1.82) is 0 Å². The van der Waals surface area contributed by atoms with E-state index in [1.165, 1.54) is 16.7 Å². The average molecular weight is 369 g/mol. The number of carbonyl (C=O) groups excluding carboxylic acids is 2. The van der Waals surface area contributed by atoms with Crippen LogP contribution in [0.2, 0.25) is 0 Å². The molecule has 3 heterocycles. The van der Waals surface area contributed by atoms with Crippen LogP contribution in [0, 0.1) is 0 Å². The van der Waals surface area contributed by atoms with Gasteiger partial charge >= 0.3 is 0 Å². The number of carbonyl (C=O) groups is 2. The summed E-state index contributed by atoms with van der Waals surface area (Å²) in [6.07, 6.45) is 2.26. The van der Waals surface area contributed by atoms with Crippen molar-refractivity contribution in [2.45, 2.75) is 18.1 Å². The number of hydrogen-bond donors (Lipinski definition) is 0. The maximum atomic E-state index is 12.3. The number of tetrazole rings is 1. The SMILES string of the molecule is O=C1c2ccccc2C(=O)N1CCCSc1nnnn1Cc1ccco1. The average Bonchev–Trinajstić information content (AvgIpc) is 3.37. The number of nitrogens with zero attached hydrogens (tertiary/aromatic N) is 5. The van der Waals surface area contributed by atoms with Crippen molar-refractivity contribution >= 4 is 23.6 Å². The molecule has 0 saturated heterocycles. The summed E-state index contributed by atoms with van der Waals surface area (Å²) in [5.41, 5.74) is 0.958. The van der Waals surface area contributed by atoms with Gasteiger partial charge in [0.05, 0.1) is 17.4 Å². The van der Waals surface area contributed by atoms with Gasteiger partial charge in [0.1, 0.15) is 12.3 Å². The Morgan fingerprint density at radius 1 is 1.04 bits per heavy atom. The van der Waals surface area contributed by atoms with E-state index in [1.54, 1.807) is 35.2 Å². The molecular formula is C17H15N5O3S. The molecule has 0 aliphatic carbocycles. The fourth-order valence-electron chi connectivity index (χ4n) is 2.78. The molecule has 9 heteroatoms. The lowest BCUT2D eigenvalue weighted by Crippen LogP contribution is -2.31. The number of hydrogen-bond acceptors (Lipinski definition) is 7. The molecule has 0 fully saturated rings. The Hall–Kier alpha value is -2.94. The van der Waals surface area contributed by atoms with Crippen molar-refractivity contribution in [1.82, 2.24) is 25.1 Å². The second kappa shape index (κ2) is 7.12. The number of fused-ring (bicyclic) bond motifs is 1. The van der Waals surface area contributed by atoms with Crippen molar-refractivity contribution in [3.8, 4) is 0 Å². The molecule has 0 N–H and O–H groups in total. The Morgan fingerprint density at radius 3 is 2.50 bits per heavy atom. The molecule has 1 aliphatic rings. The van der Waals surface area contributed by atoms with E-state index in [-0.39, 0.29) is 11.8 Å². The van der Waals surface area contributed by atoms with Gasteiger partial charge in [0.2, 0.25) is 5.16 Å². The Bertz CT molecular complexity index is 903. The molecule has 3 aromatic rings. The van der Waals surface area contributed by atoms with E-state index in [4.69, 9.17) is 4.42 Å². The molecule has 26 heavy (non-hydrogen) atoms. The molecule has 4 rings (SSSR count). The molecule has 8 nitrogen and oxygen atoms in total. The van der Waals surface area contributed by atoms with E-state index in [2.05, 4.69) is 15.5 Å². The molecule has 2 amide bonds. The first-order valence-electron chi connectivity index (χ1n) is 8.10. The van der Waals surface area contributed by atoms with Gasteiger partial charge in [-0.1, -0.05) is 23.9 Å². The quantitative estimate of drug-likeness (QED) is 0.357. The molecule has 1 aliphatic heterocycles. The summed E-state index contributed by atoms with van der Waals surface area (Å²) in [6.45, 7) is 0.833. The summed E-state index contributed by atoms with van der Waals surface area (Å²) in [4.78, 5) is 25.9. The first kappa shape index (κ1) is 16.5. The highest BCUT2D eigenvalue weighted by Gasteiger charge is 2.34. The number of benzene rings is 1. The first-order chi connectivity index (χ1) is 12.7. The van der Waals surface area contributed by atoms with Gasteiger partial charge in [-0.25, -0.2) is 4.68 Å². The highest BCUT2D eigenvalue weighted by atomic mass is 32.2. The van der Waals surface area contributed by atoms with Crippen LogP contribution in [0.1, 0.15) is 32.9 Å². The van der Waals surface area contributed by atoms with Gasteiger partial charge in [0.25, 0.3) is 11.8 Å². The standard InChI is InChI=1S/C17H15N5O3S/c23-15-13-6-1-2-7-14(13)16(24)21(15)8-4-10-26-17-18-19-20-22(17)11-12-5-3-9-25-12/h1-3,5-7,9H,4,8,10-11H2. The minimum absolute atomic E-state index is 0.224. The number of furan rings is 1. The zero-order chi connectivity index (χ0) is 17.9. The van der Waals surface area contributed by atoms with Crippen LogP contribution in [-0.4, -0.2) is 49.2 Å². The van der Waals surface area contributed by atoms with Gasteiger partial charge in [-0.05, 0) is 41.1 Å². The van der Waals surface area contributed by atoms with Crippen LogP contribution in [0.25, 0.3) is 0 Å². The van der Waals surface area contributed by atoms with Gasteiger partial charge in [0, 0.05) is 12.3 Å². The van der Waals surface area contributed by atoms with E-state index in [1.807, 2.05) is 12.1 Å². The molecule has 0 saturated carbocycles. The Labute approximate surface area is 153 Å². The molecule has 1 aromatic carbocycles. The number of amides is 2. The summed E-state index contributed by atoms with van der Waals surface area (Å²) >= 11 is 1.48. The summed E-state index contributed by atoms with van der Waals surface area (Å²) < 4.78 is 6.96. The van der Waals surface area contributed by atoms with E-state index >= 15 is 0 Å². The third-order valence-corrected chi connectivity index (χ3v) is 5.06. The summed E-state index contributed by atoms with van der Waals surface area (Å²) in [7, 11) is 0.